The summed E-state index contributed by atoms with van der Waals surface area (Å²) in [6.07, 6.45) is 12.2. The van der Waals surface area contributed by atoms with Gasteiger partial charge in [0.15, 0.2) is 0 Å². The van der Waals surface area contributed by atoms with E-state index in [1.54, 1.807) is 92.4 Å². The fourth-order valence-electron chi connectivity index (χ4n) is 7.79. The summed E-state index contributed by atoms with van der Waals surface area (Å²) in [6, 6.07) is 6.40. The Bertz CT molecular complexity index is 2620. The van der Waals surface area contributed by atoms with Gasteiger partial charge in [-0.15, -0.1) is 22.7 Å². The fourth-order valence-corrected chi connectivity index (χ4v) is 9.17. The van der Waals surface area contributed by atoms with Gasteiger partial charge in [0.2, 0.25) is 0 Å². The van der Waals surface area contributed by atoms with E-state index in [-0.39, 0.29) is 23.6 Å². The summed E-state index contributed by atoms with van der Waals surface area (Å²) in [5, 5.41) is 18.8. The Morgan fingerprint density at radius 3 is 1.25 bits per heavy atom. The van der Waals surface area contributed by atoms with Crippen molar-refractivity contribution in [1.29, 1.82) is 0 Å². The lowest BCUT2D eigenvalue weighted by Gasteiger charge is -2.10. The van der Waals surface area contributed by atoms with E-state index in [2.05, 4.69) is 51.7 Å². The van der Waals surface area contributed by atoms with Crippen LogP contribution >= 0.6 is 22.7 Å². The smallest absolute Gasteiger partial charge is 0.272 e. The molecule has 6 heterocycles. The molecule has 71 heavy (non-hydrogen) atoms. The van der Waals surface area contributed by atoms with Gasteiger partial charge in [-0.1, -0.05) is 19.3 Å². The van der Waals surface area contributed by atoms with E-state index in [0.29, 0.717) is 106 Å². The topological polar surface area (TPSA) is 227 Å². The van der Waals surface area contributed by atoms with E-state index in [4.69, 9.17) is 0 Å². The molecule has 0 unspecified atom stereocenters. The molecule has 0 radical (unpaired) electrons. The second-order valence-corrected chi connectivity index (χ2v) is 19.7. The first-order valence-electron chi connectivity index (χ1n) is 23.6. The number of hydrogen-bond acceptors (Lipinski definition) is 12. The number of anilines is 4. The zero-order chi connectivity index (χ0) is 51.2. The number of thiazole rings is 2. The largest absolute Gasteiger partial charge is 0.351 e. The van der Waals surface area contributed by atoms with E-state index in [1.165, 1.54) is 22.7 Å². The van der Waals surface area contributed by atoms with Gasteiger partial charge in [-0.05, 0) is 105 Å². The van der Waals surface area contributed by atoms with Crippen LogP contribution in [0.15, 0.2) is 60.1 Å². The molecule has 6 aromatic rings. The summed E-state index contributed by atoms with van der Waals surface area (Å²) in [5.41, 5.74) is 7.63. The highest BCUT2D eigenvalue weighted by atomic mass is 32.1. The van der Waals surface area contributed by atoms with E-state index >= 15 is 0 Å². The van der Waals surface area contributed by atoms with Gasteiger partial charge in [0.05, 0.1) is 44.9 Å². The molecule has 0 aliphatic rings. The third-order valence-corrected chi connectivity index (χ3v) is 13.3. The third-order valence-electron chi connectivity index (χ3n) is 11.7. The average molecular weight is 1010 g/mol. The van der Waals surface area contributed by atoms with Crippen LogP contribution < -0.4 is 31.9 Å². The quantitative estimate of drug-likeness (QED) is 0.0323. The lowest BCUT2D eigenvalue weighted by atomic mass is 10.1. The molecule has 22 heteroatoms. The first-order chi connectivity index (χ1) is 34.0. The number of nitrogens with zero attached hydrogens (tertiary/aromatic N) is 8. The minimum Gasteiger partial charge on any atom is -0.351 e. The van der Waals surface area contributed by atoms with Crippen molar-refractivity contribution in [2.75, 3.05) is 75.6 Å². The summed E-state index contributed by atoms with van der Waals surface area (Å²) in [4.78, 5) is 93.0. The summed E-state index contributed by atoms with van der Waals surface area (Å²) in [7, 11) is 11.4. The molecule has 0 aliphatic heterocycles. The zero-order valence-electron chi connectivity index (χ0n) is 41.8. The van der Waals surface area contributed by atoms with E-state index in [1.807, 2.05) is 42.0 Å². The lowest BCUT2D eigenvalue weighted by molar-refractivity contribution is 0.0936. The Hall–Kier alpha value is -6.88. The van der Waals surface area contributed by atoms with Crippen LogP contribution in [0.2, 0.25) is 0 Å². The molecule has 0 aliphatic carbocycles. The summed E-state index contributed by atoms with van der Waals surface area (Å²) < 4.78 is 6.89. The highest BCUT2D eigenvalue weighted by Crippen LogP contribution is 2.24. The maximum Gasteiger partial charge on any atom is 0.272 e. The number of amides is 6. The minimum atomic E-state index is -0.423. The van der Waals surface area contributed by atoms with Crippen LogP contribution in [0.25, 0.3) is 0 Å². The molecule has 6 rings (SSSR count). The lowest BCUT2D eigenvalue weighted by Crippen LogP contribution is -2.28. The number of carbonyl (C=O) groups excluding carboxylic acids is 6. The number of aryl methyl sites for hydroxylation is 6. The van der Waals surface area contributed by atoms with Crippen LogP contribution in [-0.4, -0.2) is 128 Å². The highest BCUT2D eigenvalue weighted by molar-refractivity contribution is 7.14. The van der Waals surface area contributed by atoms with E-state index in [0.717, 1.165) is 45.2 Å². The standard InChI is InChI=1S/C49H66N14O6S2/c1-32-48(70-30-52-32)56-42(64)34-22-40(46(68)54-36-24-38(60(7)28-36)44(66)50-16-14-18-58(3)4)62(26-34)20-12-10-9-11-13-21-63-27-35(43(65)57-49-33(2)53-31-71-49)23-41(63)47(69)55-37-25-39(61(8)29-37)45(67)51-17-15-19-59(5)6/h22-31H,9-21H2,1-8H3,(H,50,66)(H,51,67)(H,54,68)(H,55,69)(H,56,64)(H,57,65). The predicted octanol–water partition coefficient (Wildman–Crippen LogP) is 6.52. The monoisotopic (exact) mass is 1010 g/mol. The van der Waals surface area contributed by atoms with Gasteiger partial charge in [-0.2, -0.15) is 0 Å². The first-order valence-corrected chi connectivity index (χ1v) is 25.4. The van der Waals surface area contributed by atoms with Gasteiger partial charge in [0.25, 0.3) is 35.4 Å². The van der Waals surface area contributed by atoms with Crippen LogP contribution in [0.4, 0.5) is 21.4 Å². The second-order valence-electron chi connectivity index (χ2n) is 18.0. The van der Waals surface area contributed by atoms with Crippen molar-refractivity contribution in [3.63, 3.8) is 0 Å². The van der Waals surface area contributed by atoms with Crippen molar-refractivity contribution in [3.05, 3.63) is 105 Å². The van der Waals surface area contributed by atoms with Gasteiger partial charge in [-0.25, -0.2) is 9.97 Å². The Morgan fingerprint density at radius 2 is 0.887 bits per heavy atom. The van der Waals surface area contributed by atoms with Gasteiger partial charge >= 0.3 is 0 Å². The molecule has 0 atom stereocenters. The van der Waals surface area contributed by atoms with E-state index < -0.39 is 11.8 Å². The van der Waals surface area contributed by atoms with Crippen LogP contribution in [0.5, 0.6) is 0 Å². The maximum absolute atomic E-state index is 13.9. The number of nitrogens with one attached hydrogen (secondary N) is 6. The van der Waals surface area contributed by atoms with Crippen molar-refractivity contribution in [1.82, 2.24) is 48.7 Å². The summed E-state index contributed by atoms with van der Waals surface area (Å²) in [5.74, 6) is -2.06. The Morgan fingerprint density at radius 1 is 0.493 bits per heavy atom. The molecule has 6 N–H and O–H groups in total. The Balaban J connectivity index is 1.08. The molecule has 0 spiro atoms. The molecule has 380 valence electrons. The van der Waals surface area contributed by atoms with Crippen LogP contribution in [0.3, 0.4) is 0 Å². The second kappa shape index (κ2) is 25.3. The number of aromatic nitrogens is 6. The first kappa shape index (κ1) is 53.5. The van der Waals surface area contributed by atoms with Crippen molar-refractivity contribution in [2.24, 2.45) is 14.1 Å². The average Bonchev–Trinajstić information content (AvgIpc) is 4.20. The molecule has 0 fully saturated rings. The third kappa shape index (κ3) is 15.1. The van der Waals surface area contributed by atoms with Crippen molar-refractivity contribution in [2.45, 2.75) is 71.9 Å². The Labute approximate surface area is 422 Å². The summed E-state index contributed by atoms with van der Waals surface area (Å²) >= 11 is 2.63. The SMILES string of the molecule is Cc1ncsc1NC(=O)c1cc(C(=O)Nc2cc(C(=O)NCCCN(C)C)n(C)c2)n(CCCCCCCn2cc(C(=O)Nc3scnc3C)cc2C(=O)Nc2cc(C(=O)NCCCN(C)C)n(C)c2)c1. The maximum atomic E-state index is 13.9. The van der Waals surface area contributed by atoms with Crippen LogP contribution in [-0.2, 0) is 27.2 Å². The van der Waals surface area contributed by atoms with Crippen molar-refractivity contribution in [3.8, 4) is 0 Å². The predicted molar refractivity (Wildman–Crippen MR) is 279 cm³/mol. The number of unbranched alkanes of at least 4 members (excludes halogenated alkanes) is 4. The van der Waals surface area contributed by atoms with Crippen LogP contribution in [0.1, 0.15) is 119 Å². The normalized spacial score (nSPS) is 11.3. The fraction of sp³-hybridized carbons (Fsp3) is 0.429. The van der Waals surface area contributed by atoms with Crippen LogP contribution in [0, 0.1) is 13.8 Å². The van der Waals surface area contributed by atoms with Gasteiger partial charge in [-0.3, -0.25) is 28.8 Å². The minimum absolute atomic E-state index is 0.242. The summed E-state index contributed by atoms with van der Waals surface area (Å²) in [6.45, 7) is 7.26. The van der Waals surface area contributed by atoms with Gasteiger partial charge in [0, 0.05) is 65.1 Å². The highest BCUT2D eigenvalue weighted by Gasteiger charge is 2.23. The molecule has 0 aromatic carbocycles. The van der Waals surface area contributed by atoms with Gasteiger partial charge in [0.1, 0.15) is 32.8 Å². The molecule has 0 bridgehead atoms. The molecule has 6 amide bonds. The zero-order valence-corrected chi connectivity index (χ0v) is 43.4. The Kier molecular flexibility index (Phi) is 19.1. The van der Waals surface area contributed by atoms with Crippen molar-refractivity contribution >= 4 is 79.5 Å². The molecular formula is C49H66N14O6S2. The number of carbonyl (C=O) groups is 6. The van der Waals surface area contributed by atoms with Crippen molar-refractivity contribution < 1.29 is 28.8 Å². The van der Waals surface area contributed by atoms with E-state index in [9.17, 15) is 28.8 Å². The number of rotatable bonds is 26. The molecule has 20 nitrogen and oxygen atoms in total. The molecular weight excluding hydrogens is 945 g/mol. The molecule has 6 aromatic heterocycles. The van der Waals surface area contributed by atoms with Gasteiger partial charge < -0.3 is 60.0 Å². The molecule has 0 saturated carbocycles. The number of hydrogen-bond donors (Lipinski definition) is 6. The molecule has 0 saturated heterocycles.